The van der Waals surface area contributed by atoms with Crippen molar-refractivity contribution in [3.63, 3.8) is 0 Å². The van der Waals surface area contributed by atoms with Gasteiger partial charge in [0.1, 0.15) is 5.84 Å². The number of amides is 1. The molecule has 1 aromatic heterocycles. The van der Waals surface area contributed by atoms with Crippen LogP contribution in [0.4, 0.5) is 4.39 Å². The van der Waals surface area contributed by atoms with E-state index in [1.807, 2.05) is 0 Å². The zero-order chi connectivity index (χ0) is 15.0. The molecule has 1 aromatic rings. The van der Waals surface area contributed by atoms with Crippen LogP contribution < -0.4 is 5.73 Å². The van der Waals surface area contributed by atoms with E-state index in [9.17, 15) is 9.18 Å². The minimum Gasteiger partial charge on any atom is -0.409 e. The molecule has 112 valence electrons. The molecule has 0 radical (unpaired) electrons. The Morgan fingerprint density at radius 2 is 2.29 bits per heavy atom. The zero-order valence-electron chi connectivity index (χ0n) is 11.5. The Labute approximate surface area is 121 Å². The van der Waals surface area contributed by atoms with Crippen molar-refractivity contribution in [2.24, 2.45) is 16.8 Å². The van der Waals surface area contributed by atoms with E-state index >= 15 is 0 Å². The van der Waals surface area contributed by atoms with Crippen LogP contribution in [0.3, 0.4) is 0 Å². The summed E-state index contributed by atoms with van der Waals surface area (Å²) in [6.07, 6.45) is 4.35. The summed E-state index contributed by atoms with van der Waals surface area (Å²) in [6.45, 7) is 0.427. The van der Waals surface area contributed by atoms with Crippen LogP contribution in [0.2, 0.25) is 0 Å². The van der Waals surface area contributed by atoms with Gasteiger partial charge in [-0.1, -0.05) is 5.16 Å². The van der Waals surface area contributed by atoms with Gasteiger partial charge in [0.05, 0.1) is 5.56 Å². The van der Waals surface area contributed by atoms with E-state index in [-0.39, 0.29) is 23.7 Å². The summed E-state index contributed by atoms with van der Waals surface area (Å²) in [7, 11) is 0. The van der Waals surface area contributed by atoms with E-state index in [2.05, 4.69) is 10.1 Å². The molecule has 0 aromatic carbocycles. The van der Waals surface area contributed by atoms with Crippen LogP contribution in [-0.4, -0.2) is 39.4 Å². The normalized spacial score (nSPS) is 26.0. The summed E-state index contributed by atoms with van der Waals surface area (Å²) in [5.41, 5.74) is 6.84. The van der Waals surface area contributed by atoms with Gasteiger partial charge in [-0.05, 0) is 37.3 Å². The van der Waals surface area contributed by atoms with Gasteiger partial charge in [-0.15, -0.1) is 0 Å². The SMILES string of the molecule is NC(=NO)[C@@H]1CC[C@H]2CCc3cc(F)ncc3C(=O)N2C1. The molecule has 1 amide bonds. The van der Waals surface area contributed by atoms with Crippen molar-refractivity contribution < 1.29 is 14.4 Å². The molecule has 6 nitrogen and oxygen atoms in total. The monoisotopic (exact) mass is 292 g/mol. The molecule has 3 N–H and O–H groups in total. The average Bonchev–Trinajstić information content (AvgIpc) is 2.63. The lowest BCUT2D eigenvalue weighted by atomic mass is 9.90. The van der Waals surface area contributed by atoms with E-state index in [1.54, 1.807) is 4.90 Å². The molecular formula is C14H17FN4O2. The van der Waals surface area contributed by atoms with Crippen LogP contribution in [-0.2, 0) is 6.42 Å². The Morgan fingerprint density at radius 3 is 3.05 bits per heavy atom. The maximum Gasteiger partial charge on any atom is 0.255 e. The Hall–Kier alpha value is -2.18. The third kappa shape index (κ3) is 2.43. The number of hydrogen-bond donors (Lipinski definition) is 2. The molecule has 21 heavy (non-hydrogen) atoms. The molecule has 0 aliphatic carbocycles. The first-order chi connectivity index (χ1) is 10.1. The fraction of sp³-hybridized carbons (Fsp3) is 0.500. The van der Waals surface area contributed by atoms with Gasteiger partial charge in [0.25, 0.3) is 5.91 Å². The highest BCUT2D eigenvalue weighted by atomic mass is 19.1. The first kappa shape index (κ1) is 13.8. The third-order valence-corrected chi connectivity index (χ3v) is 4.43. The van der Waals surface area contributed by atoms with Gasteiger partial charge in [0.15, 0.2) is 0 Å². The Morgan fingerprint density at radius 1 is 1.48 bits per heavy atom. The summed E-state index contributed by atoms with van der Waals surface area (Å²) >= 11 is 0. The first-order valence-electron chi connectivity index (χ1n) is 7.03. The average molecular weight is 292 g/mol. The highest BCUT2D eigenvalue weighted by Crippen LogP contribution is 2.30. The number of aryl methyl sites for hydroxylation is 1. The van der Waals surface area contributed by atoms with Gasteiger partial charge < -0.3 is 15.8 Å². The molecule has 0 unspecified atom stereocenters. The fourth-order valence-corrected chi connectivity index (χ4v) is 3.24. The van der Waals surface area contributed by atoms with Crippen LogP contribution in [0.1, 0.15) is 35.2 Å². The lowest BCUT2D eigenvalue weighted by molar-refractivity contribution is 0.0578. The molecule has 3 heterocycles. The topological polar surface area (TPSA) is 91.8 Å². The standard InChI is InChI=1S/C14H17FN4O2/c15-12-5-8-1-3-10-4-2-9(13(16)18-21)7-19(10)14(20)11(8)6-17-12/h5-6,9-10,21H,1-4,7H2,(H2,16,18)/t9-,10-/m1/s1. The Kier molecular flexibility index (Phi) is 3.48. The van der Waals surface area contributed by atoms with Crippen molar-refractivity contribution >= 4 is 11.7 Å². The maximum atomic E-state index is 13.2. The number of fused-ring (bicyclic) bond motifs is 2. The summed E-state index contributed by atoms with van der Waals surface area (Å²) in [6, 6.07) is 1.46. The summed E-state index contributed by atoms with van der Waals surface area (Å²) in [5, 5.41) is 11.8. The quantitative estimate of drug-likeness (QED) is 0.267. The van der Waals surface area contributed by atoms with Crippen molar-refractivity contribution in [1.82, 2.24) is 9.88 Å². The van der Waals surface area contributed by atoms with Crippen LogP contribution in [0.25, 0.3) is 0 Å². The van der Waals surface area contributed by atoms with E-state index in [0.717, 1.165) is 19.3 Å². The summed E-state index contributed by atoms with van der Waals surface area (Å²) < 4.78 is 13.2. The Bertz CT molecular complexity index is 605. The molecular weight excluding hydrogens is 275 g/mol. The molecule has 2 aliphatic heterocycles. The lowest BCUT2D eigenvalue weighted by Gasteiger charge is -2.38. The lowest BCUT2D eigenvalue weighted by Crippen LogP contribution is -2.49. The van der Waals surface area contributed by atoms with Crippen LogP contribution in [0.5, 0.6) is 0 Å². The van der Waals surface area contributed by atoms with Gasteiger partial charge in [-0.3, -0.25) is 4.79 Å². The van der Waals surface area contributed by atoms with Crippen molar-refractivity contribution in [3.05, 3.63) is 29.3 Å². The highest BCUT2D eigenvalue weighted by molar-refractivity contribution is 5.96. The molecule has 1 fully saturated rings. The number of hydrogen-bond acceptors (Lipinski definition) is 4. The highest BCUT2D eigenvalue weighted by Gasteiger charge is 2.36. The number of amidine groups is 1. The van der Waals surface area contributed by atoms with Gasteiger partial charge in [0, 0.05) is 24.7 Å². The largest absolute Gasteiger partial charge is 0.409 e. The van der Waals surface area contributed by atoms with E-state index in [1.165, 1.54) is 12.3 Å². The predicted molar refractivity (Wildman–Crippen MR) is 73.5 cm³/mol. The molecule has 2 aliphatic rings. The second kappa shape index (κ2) is 5.31. The van der Waals surface area contributed by atoms with Gasteiger partial charge in [-0.2, -0.15) is 4.39 Å². The zero-order valence-corrected chi connectivity index (χ0v) is 11.5. The molecule has 1 saturated heterocycles. The maximum absolute atomic E-state index is 13.2. The molecule has 0 bridgehead atoms. The molecule has 2 atom stereocenters. The molecule has 0 spiro atoms. The summed E-state index contributed by atoms with van der Waals surface area (Å²) in [5.74, 6) is -0.681. The number of halogens is 1. The number of oxime groups is 1. The second-order valence-electron chi connectivity index (χ2n) is 5.61. The summed E-state index contributed by atoms with van der Waals surface area (Å²) in [4.78, 5) is 18.0. The first-order valence-corrected chi connectivity index (χ1v) is 7.03. The third-order valence-electron chi connectivity index (χ3n) is 4.43. The number of rotatable bonds is 1. The van der Waals surface area contributed by atoms with Crippen LogP contribution in [0, 0.1) is 11.9 Å². The van der Waals surface area contributed by atoms with Crippen LogP contribution in [0.15, 0.2) is 17.4 Å². The van der Waals surface area contributed by atoms with Crippen molar-refractivity contribution in [1.29, 1.82) is 0 Å². The second-order valence-corrected chi connectivity index (χ2v) is 5.61. The minimum atomic E-state index is -0.559. The van der Waals surface area contributed by atoms with Crippen molar-refractivity contribution in [2.45, 2.75) is 31.7 Å². The molecule has 0 saturated carbocycles. The van der Waals surface area contributed by atoms with Crippen molar-refractivity contribution in [3.8, 4) is 0 Å². The van der Waals surface area contributed by atoms with Gasteiger partial charge in [-0.25, -0.2) is 4.98 Å². The number of nitrogens with two attached hydrogens (primary N) is 1. The number of pyridine rings is 1. The predicted octanol–water partition coefficient (Wildman–Crippen LogP) is 1.13. The molecule has 3 rings (SSSR count). The van der Waals surface area contributed by atoms with E-state index in [0.29, 0.717) is 24.1 Å². The Balaban J connectivity index is 1.91. The van der Waals surface area contributed by atoms with Gasteiger partial charge in [0.2, 0.25) is 5.95 Å². The van der Waals surface area contributed by atoms with E-state index in [4.69, 9.17) is 10.9 Å². The smallest absolute Gasteiger partial charge is 0.255 e. The van der Waals surface area contributed by atoms with Crippen LogP contribution >= 0.6 is 0 Å². The fourth-order valence-electron chi connectivity index (χ4n) is 3.24. The van der Waals surface area contributed by atoms with Crippen molar-refractivity contribution in [2.75, 3.05) is 6.54 Å². The number of carbonyl (C=O) groups excluding carboxylic acids is 1. The van der Waals surface area contributed by atoms with E-state index < -0.39 is 5.95 Å². The number of carbonyl (C=O) groups is 1. The van der Waals surface area contributed by atoms with Gasteiger partial charge >= 0.3 is 0 Å². The number of piperidine rings is 1. The number of nitrogens with zero attached hydrogens (tertiary/aromatic N) is 3. The number of aromatic nitrogens is 1. The molecule has 7 heteroatoms. The minimum absolute atomic E-state index is 0.121.